The van der Waals surface area contributed by atoms with E-state index in [1.165, 1.54) is 29.8 Å². The molecule has 2 aromatic rings. The molecule has 0 amide bonds. The van der Waals surface area contributed by atoms with Gasteiger partial charge in [0.1, 0.15) is 19.2 Å². The molecule has 0 saturated heterocycles. The van der Waals surface area contributed by atoms with E-state index >= 15 is 0 Å². The van der Waals surface area contributed by atoms with Crippen LogP contribution in [0.3, 0.4) is 0 Å². The summed E-state index contributed by atoms with van der Waals surface area (Å²) in [6.07, 6.45) is 0. The van der Waals surface area contributed by atoms with Gasteiger partial charge in [-0.3, -0.25) is 19.5 Å². The number of carboxylic acids is 3. The Balaban J connectivity index is 2.47. The summed E-state index contributed by atoms with van der Waals surface area (Å²) in [6.45, 7) is -0.899. The Kier molecular flexibility index (Phi) is 10.7. The summed E-state index contributed by atoms with van der Waals surface area (Å²) in [4.78, 5) is 60.6. The topological polar surface area (TPSA) is 173 Å². The van der Waals surface area contributed by atoms with Crippen LogP contribution in [0.25, 0.3) is 11.3 Å². The molecule has 14 heteroatoms. The Morgan fingerprint density at radius 2 is 1.40 bits per heavy atom. The first-order valence-electron chi connectivity index (χ1n) is 10.2. The maximum Gasteiger partial charge on any atom is 0.352 e. The number of carbonyl (C=O) groups is 3. The predicted octanol–water partition coefficient (Wildman–Crippen LogP) is 0.630. The fraction of sp³-hybridized carbons (Fsp3) is 0.429. The normalized spacial score (nSPS) is 11.3. The van der Waals surface area contributed by atoms with E-state index < -0.39 is 31.0 Å². The van der Waals surface area contributed by atoms with E-state index in [1.807, 2.05) is 0 Å². The minimum absolute atomic E-state index is 0.00142. The predicted molar refractivity (Wildman–Crippen MR) is 118 cm³/mol. The molecule has 0 aliphatic rings. The zero-order valence-corrected chi connectivity index (χ0v) is 19.5. The lowest BCUT2D eigenvalue weighted by Gasteiger charge is -2.22. The molecule has 0 unspecified atom stereocenters. The van der Waals surface area contributed by atoms with Gasteiger partial charge in [-0.05, 0) is 24.3 Å². The molecule has 0 radical (unpaired) electrons. The van der Waals surface area contributed by atoms with E-state index in [0.717, 1.165) is 0 Å². The summed E-state index contributed by atoms with van der Waals surface area (Å²) in [5.74, 6) is -3.46. The number of pyridine rings is 1. The second-order valence-corrected chi connectivity index (χ2v) is 7.40. The lowest BCUT2D eigenvalue weighted by Crippen LogP contribution is -2.34. The molecular weight excluding hydrogens is 468 g/mol. The lowest BCUT2D eigenvalue weighted by molar-refractivity contribution is -0.335. The largest absolute Gasteiger partial charge is 0.480 e. The molecule has 2 rings (SSSR count). The highest BCUT2D eigenvalue weighted by molar-refractivity contribution is 5.87. The number of aliphatic carboxylic acids is 2. The van der Waals surface area contributed by atoms with Crippen LogP contribution in [-0.4, -0.2) is 93.3 Å². The summed E-state index contributed by atoms with van der Waals surface area (Å²) in [6, 6.07) is 6.49. The van der Waals surface area contributed by atoms with Crippen molar-refractivity contribution >= 4 is 17.9 Å². The van der Waals surface area contributed by atoms with Gasteiger partial charge in [-0.25, -0.2) is 29.2 Å². The van der Waals surface area contributed by atoms with Crippen LogP contribution in [-0.2, 0) is 49.3 Å². The Bertz CT molecular complexity index is 1000. The first-order valence-corrected chi connectivity index (χ1v) is 10.2. The number of hydrogen-bond acceptors (Lipinski definition) is 10. The second-order valence-electron chi connectivity index (χ2n) is 7.40. The van der Waals surface area contributed by atoms with Crippen molar-refractivity contribution in [1.29, 1.82) is 0 Å². The van der Waals surface area contributed by atoms with Crippen LogP contribution in [0.1, 0.15) is 21.9 Å². The summed E-state index contributed by atoms with van der Waals surface area (Å²) >= 11 is 0. The molecule has 0 aliphatic carbocycles. The average Bonchev–Trinajstić information content (AvgIpc) is 3.16. The first-order chi connectivity index (χ1) is 16.6. The van der Waals surface area contributed by atoms with Gasteiger partial charge in [0.2, 0.25) is 0 Å². The van der Waals surface area contributed by atoms with Crippen LogP contribution in [0.15, 0.2) is 24.3 Å². The molecule has 192 valence electrons. The Labute approximate surface area is 200 Å². The molecular formula is C21H28N4O10. The molecule has 35 heavy (non-hydrogen) atoms. The smallest absolute Gasteiger partial charge is 0.352 e. The number of carboxylic acid groups (broad SMARTS) is 3. The number of aromatic nitrogens is 2. The SMILES string of the molecule is COOCN(COOC)Cc1cc(-c2ccc(C(=O)O)n2C)cc(CN(CC(=O)O)CC(=O)O)n1. The molecule has 3 N–H and O–H groups in total. The van der Waals surface area contributed by atoms with Gasteiger partial charge in [0.05, 0.1) is 38.7 Å². The molecule has 0 saturated carbocycles. The van der Waals surface area contributed by atoms with Crippen molar-refractivity contribution in [2.24, 2.45) is 7.05 Å². The van der Waals surface area contributed by atoms with Crippen molar-refractivity contribution in [2.75, 3.05) is 40.8 Å². The average molecular weight is 496 g/mol. The van der Waals surface area contributed by atoms with Gasteiger partial charge < -0.3 is 19.9 Å². The number of nitrogens with zero attached hydrogens (tertiary/aromatic N) is 4. The minimum atomic E-state index is -1.18. The third-order valence-electron chi connectivity index (χ3n) is 4.76. The van der Waals surface area contributed by atoms with E-state index in [9.17, 15) is 19.5 Å². The van der Waals surface area contributed by atoms with Crippen molar-refractivity contribution in [3.8, 4) is 11.3 Å². The monoisotopic (exact) mass is 496 g/mol. The van der Waals surface area contributed by atoms with E-state index in [0.29, 0.717) is 22.6 Å². The number of aromatic carboxylic acids is 1. The van der Waals surface area contributed by atoms with Crippen LogP contribution in [0.2, 0.25) is 0 Å². The summed E-state index contributed by atoms with van der Waals surface area (Å²) in [5.41, 5.74) is 2.13. The maximum atomic E-state index is 11.5. The van der Waals surface area contributed by atoms with E-state index in [1.54, 1.807) is 30.1 Å². The molecule has 0 aromatic carbocycles. The zero-order valence-electron chi connectivity index (χ0n) is 19.5. The fourth-order valence-electron chi connectivity index (χ4n) is 3.37. The Morgan fingerprint density at radius 1 is 0.886 bits per heavy atom. The molecule has 0 bridgehead atoms. The first kappa shape index (κ1) is 27.8. The van der Waals surface area contributed by atoms with Gasteiger partial charge in [0, 0.05) is 31.4 Å². The summed E-state index contributed by atoms with van der Waals surface area (Å²) < 4.78 is 1.50. The van der Waals surface area contributed by atoms with Gasteiger partial charge in [-0.2, -0.15) is 0 Å². The number of rotatable bonds is 16. The van der Waals surface area contributed by atoms with E-state index in [2.05, 4.69) is 14.8 Å². The minimum Gasteiger partial charge on any atom is -0.480 e. The van der Waals surface area contributed by atoms with Crippen LogP contribution >= 0.6 is 0 Å². The molecule has 2 heterocycles. The van der Waals surface area contributed by atoms with Crippen molar-refractivity contribution < 1.29 is 49.3 Å². The van der Waals surface area contributed by atoms with Crippen molar-refractivity contribution in [1.82, 2.24) is 19.4 Å². The van der Waals surface area contributed by atoms with Gasteiger partial charge in [-0.15, -0.1) is 0 Å². The zero-order chi connectivity index (χ0) is 26.0. The second kappa shape index (κ2) is 13.5. The van der Waals surface area contributed by atoms with E-state index in [-0.39, 0.29) is 32.2 Å². The maximum absolute atomic E-state index is 11.5. The van der Waals surface area contributed by atoms with E-state index in [4.69, 9.17) is 20.0 Å². The van der Waals surface area contributed by atoms with Crippen LogP contribution in [0.4, 0.5) is 0 Å². The Morgan fingerprint density at radius 3 is 1.83 bits per heavy atom. The fourth-order valence-corrected chi connectivity index (χ4v) is 3.37. The van der Waals surface area contributed by atoms with Crippen molar-refractivity contribution in [3.05, 3.63) is 41.3 Å². The van der Waals surface area contributed by atoms with Crippen molar-refractivity contribution in [2.45, 2.75) is 13.1 Å². The molecule has 0 aliphatic heterocycles. The van der Waals surface area contributed by atoms with Gasteiger partial charge in [0.25, 0.3) is 0 Å². The molecule has 0 atom stereocenters. The van der Waals surface area contributed by atoms with Crippen LogP contribution in [0, 0.1) is 0 Å². The third kappa shape index (κ3) is 8.71. The molecule has 14 nitrogen and oxygen atoms in total. The van der Waals surface area contributed by atoms with Gasteiger partial charge in [-0.1, -0.05) is 0 Å². The highest BCUT2D eigenvalue weighted by Gasteiger charge is 2.19. The molecule has 0 fully saturated rings. The van der Waals surface area contributed by atoms with Crippen molar-refractivity contribution in [3.63, 3.8) is 0 Å². The van der Waals surface area contributed by atoms with Gasteiger partial charge >= 0.3 is 17.9 Å². The third-order valence-corrected chi connectivity index (χ3v) is 4.76. The van der Waals surface area contributed by atoms with Crippen LogP contribution in [0.5, 0.6) is 0 Å². The Hall–Kier alpha value is -3.40. The summed E-state index contributed by atoms with van der Waals surface area (Å²) in [7, 11) is 4.30. The highest BCUT2D eigenvalue weighted by Crippen LogP contribution is 2.24. The number of hydrogen-bond donors (Lipinski definition) is 3. The van der Waals surface area contributed by atoms with Crippen LogP contribution < -0.4 is 0 Å². The quantitative estimate of drug-likeness (QED) is 0.168. The van der Waals surface area contributed by atoms with Gasteiger partial charge in [0.15, 0.2) is 0 Å². The standard InChI is InChI=1S/C21H28N4O10/c1-23-17(4-5-18(23)21(30)31)14-6-15(8-24(10-19(26)27)11-20(28)29)22-16(7-14)9-25(12-34-32-2)13-35-33-3/h4-7H,8-13H2,1-3H3,(H,26,27)(H,28,29)(H,30,31). The molecule has 0 spiro atoms. The summed E-state index contributed by atoms with van der Waals surface area (Å²) in [5, 5.41) is 27.7. The highest BCUT2D eigenvalue weighted by atomic mass is 17.2. The lowest BCUT2D eigenvalue weighted by atomic mass is 10.1. The molecule has 2 aromatic heterocycles.